The van der Waals surface area contributed by atoms with Crippen LogP contribution in [-0.2, 0) is 6.54 Å². The number of nitrogens with zero attached hydrogens (tertiary/aromatic N) is 1. The van der Waals surface area contributed by atoms with Crippen LogP contribution in [0.3, 0.4) is 0 Å². The van der Waals surface area contributed by atoms with E-state index in [4.69, 9.17) is 9.63 Å². The predicted molar refractivity (Wildman–Crippen MR) is 75.3 cm³/mol. The molecule has 104 valence electrons. The highest BCUT2D eigenvalue weighted by Gasteiger charge is 2.11. The number of thiophene rings is 1. The van der Waals surface area contributed by atoms with Gasteiger partial charge in [0.2, 0.25) is 0 Å². The first-order chi connectivity index (χ1) is 9.70. The van der Waals surface area contributed by atoms with Crippen LogP contribution >= 0.6 is 11.3 Å². The lowest BCUT2D eigenvalue weighted by atomic mass is 10.2. The first-order valence-corrected chi connectivity index (χ1v) is 6.90. The Labute approximate surface area is 120 Å². The lowest BCUT2D eigenvalue weighted by Gasteiger charge is -1.99. The Morgan fingerprint density at radius 2 is 2.45 bits per heavy atom. The van der Waals surface area contributed by atoms with E-state index in [0.717, 1.165) is 10.4 Å². The number of rotatable bonds is 4. The molecule has 0 saturated carbocycles. The maximum atomic E-state index is 12.0. The van der Waals surface area contributed by atoms with Crippen LogP contribution in [0.1, 0.15) is 32.3 Å². The molecule has 0 aliphatic rings. The largest absolute Gasteiger partial charge is 0.395 e. The van der Waals surface area contributed by atoms with Gasteiger partial charge in [0.25, 0.3) is 5.91 Å². The fourth-order valence-corrected chi connectivity index (χ4v) is 2.47. The highest BCUT2D eigenvalue weighted by Crippen LogP contribution is 2.21. The lowest BCUT2D eigenvalue weighted by molar-refractivity contribution is 0.0951. The zero-order valence-electron chi connectivity index (χ0n) is 11.0. The Bertz CT molecular complexity index is 635. The molecule has 0 unspecified atom stereocenters. The van der Waals surface area contributed by atoms with Crippen LogP contribution in [0.4, 0.5) is 0 Å². The van der Waals surface area contributed by atoms with E-state index in [-0.39, 0.29) is 12.5 Å². The van der Waals surface area contributed by atoms with Crippen molar-refractivity contribution in [3.63, 3.8) is 0 Å². The summed E-state index contributed by atoms with van der Waals surface area (Å²) in [6.07, 6.45) is 1.97. The molecule has 0 bridgehead atoms. The number of carbonyl (C=O) groups is 1. The number of amides is 1. The van der Waals surface area contributed by atoms with Gasteiger partial charge >= 0.3 is 0 Å². The predicted octanol–water partition coefficient (Wildman–Crippen LogP) is 1.71. The summed E-state index contributed by atoms with van der Waals surface area (Å²) in [5.74, 6) is 6.26. The van der Waals surface area contributed by atoms with Crippen molar-refractivity contribution in [1.29, 1.82) is 0 Å². The molecule has 0 fully saturated rings. The van der Waals surface area contributed by atoms with E-state index in [0.29, 0.717) is 23.6 Å². The van der Waals surface area contributed by atoms with E-state index >= 15 is 0 Å². The molecule has 2 heterocycles. The van der Waals surface area contributed by atoms with Crippen LogP contribution in [-0.4, -0.2) is 22.8 Å². The number of aliphatic hydroxyl groups excluding tert-OH is 1. The van der Waals surface area contributed by atoms with Crippen LogP contribution in [0, 0.1) is 18.8 Å². The summed E-state index contributed by atoms with van der Waals surface area (Å²) in [4.78, 5) is 13.4. The molecule has 0 aliphatic heterocycles. The third kappa shape index (κ3) is 3.70. The molecular formula is C14H14N2O3S. The molecule has 0 saturated heterocycles. The van der Waals surface area contributed by atoms with Gasteiger partial charge in [0, 0.05) is 12.5 Å². The van der Waals surface area contributed by atoms with Gasteiger partial charge in [0.05, 0.1) is 29.1 Å². The van der Waals surface area contributed by atoms with Crippen LogP contribution < -0.4 is 5.32 Å². The highest BCUT2D eigenvalue weighted by molar-refractivity contribution is 7.14. The summed E-state index contributed by atoms with van der Waals surface area (Å²) in [5, 5.41) is 15.0. The molecule has 20 heavy (non-hydrogen) atoms. The molecule has 2 rings (SSSR count). The molecule has 1 amide bonds. The van der Waals surface area contributed by atoms with Gasteiger partial charge in [0.1, 0.15) is 0 Å². The molecule has 0 radical (unpaired) electrons. The first-order valence-electron chi connectivity index (χ1n) is 6.08. The molecule has 6 heteroatoms. The molecule has 0 spiro atoms. The third-order valence-electron chi connectivity index (χ3n) is 2.49. The van der Waals surface area contributed by atoms with Crippen molar-refractivity contribution in [1.82, 2.24) is 10.5 Å². The molecule has 0 aliphatic carbocycles. The number of carbonyl (C=O) groups excluding carboxylic acids is 1. The highest BCUT2D eigenvalue weighted by atomic mass is 32.1. The Kier molecular flexibility index (Phi) is 4.93. The van der Waals surface area contributed by atoms with Gasteiger partial charge in [-0.3, -0.25) is 4.79 Å². The monoisotopic (exact) mass is 290 g/mol. The summed E-state index contributed by atoms with van der Waals surface area (Å²) in [6.45, 7) is 2.26. The smallest absolute Gasteiger partial charge is 0.261 e. The van der Waals surface area contributed by atoms with Crippen molar-refractivity contribution in [2.75, 3.05) is 6.61 Å². The Morgan fingerprint density at radius 1 is 1.60 bits per heavy atom. The van der Waals surface area contributed by atoms with E-state index in [2.05, 4.69) is 22.3 Å². The average molecular weight is 290 g/mol. The van der Waals surface area contributed by atoms with E-state index in [1.807, 2.05) is 13.0 Å². The zero-order valence-corrected chi connectivity index (χ0v) is 11.8. The van der Waals surface area contributed by atoms with Crippen molar-refractivity contribution in [3.05, 3.63) is 39.4 Å². The third-order valence-corrected chi connectivity index (χ3v) is 3.65. The van der Waals surface area contributed by atoms with Crippen molar-refractivity contribution in [3.8, 4) is 11.8 Å². The standard InChI is InChI=1S/C14H14N2O3S/c1-10-8-13(20-12(10)4-2-3-7-17)14(18)15-9-11-5-6-16-19-11/h5-6,8,17H,3,7,9H2,1H3,(H,15,18). The summed E-state index contributed by atoms with van der Waals surface area (Å²) < 4.78 is 4.91. The minimum absolute atomic E-state index is 0.0436. The molecule has 2 N–H and O–H groups in total. The van der Waals surface area contributed by atoms with E-state index in [1.165, 1.54) is 17.5 Å². The number of aryl methyl sites for hydroxylation is 1. The van der Waals surface area contributed by atoms with Gasteiger partial charge < -0.3 is 14.9 Å². The second kappa shape index (κ2) is 6.89. The van der Waals surface area contributed by atoms with Gasteiger partial charge in [0.15, 0.2) is 5.76 Å². The van der Waals surface area contributed by atoms with Gasteiger partial charge in [-0.15, -0.1) is 11.3 Å². The number of aliphatic hydroxyl groups is 1. The van der Waals surface area contributed by atoms with Gasteiger partial charge in [-0.25, -0.2) is 0 Å². The summed E-state index contributed by atoms with van der Waals surface area (Å²) in [6, 6.07) is 3.51. The summed E-state index contributed by atoms with van der Waals surface area (Å²) in [5.41, 5.74) is 0.963. The van der Waals surface area contributed by atoms with Crippen molar-refractivity contribution in [2.24, 2.45) is 0 Å². The first kappa shape index (κ1) is 14.3. The van der Waals surface area contributed by atoms with E-state index < -0.39 is 0 Å². The number of nitrogens with one attached hydrogen (secondary N) is 1. The van der Waals surface area contributed by atoms with E-state index in [1.54, 1.807) is 6.07 Å². The fraction of sp³-hybridized carbons (Fsp3) is 0.286. The Morgan fingerprint density at radius 3 is 3.15 bits per heavy atom. The summed E-state index contributed by atoms with van der Waals surface area (Å²) >= 11 is 1.34. The van der Waals surface area contributed by atoms with Gasteiger partial charge in [-0.1, -0.05) is 17.0 Å². The minimum Gasteiger partial charge on any atom is -0.395 e. The van der Waals surface area contributed by atoms with Crippen molar-refractivity contribution < 1.29 is 14.4 Å². The molecule has 2 aromatic heterocycles. The Balaban J connectivity index is 2.00. The summed E-state index contributed by atoms with van der Waals surface area (Å²) in [7, 11) is 0. The molecule has 5 nitrogen and oxygen atoms in total. The maximum Gasteiger partial charge on any atom is 0.261 e. The van der Waals surface area contributed by atoms with Crippen LogP contribution in [0.15, 0.2) is 22.9 Å². The maximum absolute atomic E-state index is 12.0. The normalized spacial score (nSPS) is 9.90. The number of hydrogen-bond donors (Lipinski definition) is 2. The van der Waals surface area contributed by atoms with Gasteiger partial charge in [-0.2, -0.15) is 0 Å². The lowest BCUT2D eigenvalue weighted by Crippen LogP contribution is -2.21. The number of aromatic nitrogens is 1. The van der Waals surface area contributed by atoms with Crippen LogP contribution in [0.25, 0.3) is 0 Å². The van der Waals surface area contributed by atoms with Gasteiger partial charge in [-0.05, 0) is 18.6 Å². The Hall–Kier alpha value is -2.10. The van der Waals surface area contributed by atoms with Crippen LogP contribution in [0.2, 0.25) is 0 Å². The second-order valence-corrected chi connectivity index (χ2v) is 5.11. The SMILES string of the molecule is Cc1cc(C(=O)NCc2ccno2)sc1C#CCCO. The fourth-order valence-electron chi connectivity index (χ4n) is 1.50. The molecular weight excluding hydrogens is 276 g/mol. The molecule has 0 atom stereocenters. The van der Waals surface area contributed by atoms with Crippen LogP contribution in [0.5, 0.6) is 0 Å². The number of hydrogen-bond acceptors (Lipinski definition) is 5. The quantitative estimate of drug-likeness (QED) is 0.841. The average Bonchev–Trinajstić information content (AvgIpc) is 3.07. The second-order valence-electron chi connectivity index (χ2n) is 4.06. The van der Waals surface area contributed by atoms with Crippen molar-refractivity contribution >= 4 is 17.2 Å². The molecule has 0 aromatic carbocycles. The minimum atomic E-state index is -0.162. The zero-order chi connectivity index (χ0) is 14.4. The topological polar surface area (TPSA) is 75.4 Å². The molecule has 2 aromatic rings. The van der Waals surface area contributed by atoms with E-state index in [9.17, 15) is 4.79 Å². The van der Waals surface area contributed by atoms with Crippen molar-refractivity contribution in [2.45, 2.75) is 19.9 Å².